The molecule has 0 saturated carbocycles. The van der Waals surface area contributed by atoms with Crippen molar-refractivity contribution in [1.82, 2.24) is 0 Å². The third-order valence-corrected chi connectivity index (χ3v) is 2.29. The summed E-state index contributed by atoms with van der Waals surface area (Å²) in [7, 11) is 0. The van der Waals surface area contributed by atoms with Crippen LogP contribution in [-0.4, -0.2) is 0 Å². The molecule has 2 rings (SSSR count). The molecule has 0 bridgehead atoms. The van der Waals surface area contributed by atoms with E-state index in [1.54, 1.807) is 18.4 Å². The second-order valence-corrected chi connectivity index (χ2v) is 2.87. The average molecular weight is 170 g/mol. The van der Waals surface area contributed by atoms with E-state index >= 15 is 0 Å². The average Bonchev–Trinajstić information content (AvgIpc) is 2.08. The second kappa shape index (κ2) is 2.80. The van der Waals surface area contributed by atoms with Crippen LogP contribution in [0.1, 0.15) is 16.7 Å². The molecule has 1 aliphatic rings. The van der Waals surface area contributed by atoms with Gasteiger partial charge in [0.25, 0.3) is 6.26 Å². The number of rotatable bonds is 1. The molecule has 0 spiro atoms. The highest BCUT2D eigenvalue weighted by Crippen LogP contribution is 2.34. The van der Waals surface area contributed by atoms with Gasteiger partial charge in [0.05, 0.1) is 11.6 Å². The number of hydrogen-bond donors (Lipinski definition) is 0. The molecule has 1 aliphatic carbocycles. The summed E-state index contributed by atoms with van der Waals surface area (Å²) in [6.07, 6.45) is 3.46. The van der Waals surface area contributed by atoms with Crippen molar-refractivity contribution < 1.29 is 4.74 Å². The minimum absolute atomic E-state index is 0.600. The normalized spacial score (nSPS) is 11.8. The number of nitriles is 2. The number of benzene rings is 1. The van der Waals surface area contributed by atoms with Crippen LogP contribution in [-0.2, 0) is 12.8 Å². The van der Waals surface area contributed by atoms with Crippen LogP contribution in [0.15, 0.2) is 12.1 Å². The van der Waals surface area contributed by atoms with E-state index in [1.807, 2.05) is 0 Å². The first-order chi connectivity index (χ1) is 6.36. The largest absolute Gasteiger partial charge is 0.388 e. The number of nitrogens with zero attached hydrogens (tertiary/aromatic N) is 2. The summed E-state index contributed by atoms with van der Waals surface area (Å²) in [5.74, 6) is 0.600. The maximum absolute atomic E-state index is 8.74. The molecule has 0 unspecified atom stereocenters. The Morgan fingerprint density at radius 1 is 1.15 bits per heavy atom. The highest BCUT2D eigenvalue weighted by molar-refractivity contribution is 5.55. The van der Waals surface area contributed by atoms with Crippen molar-refractivity contribution in [2.75, 3.05) is 0 Å². The molecule has 3 nitrogen and oxygen atoms in total. The Morgan fingerprint density at radius 2 is 1.92 bits per heavy atom. The van der Waals surface area contributed by atoms with Gasteiger partial charge in [0, 0.05) is 5.56 Å². The molecule has 3 heteroatoms. The molecule has 1 aromatic carbocycles. The fraction of sp³-hybridized carbons (Fsp3) is 0.200. The zero-order valence-corrected chi connectivity index (χ0v) is 6.87. The lowest BCUT2D eigenvalue weighted by atomic mass is 9.84. The molecule has 0 saturated heterocycles. The predicted octanol–water partition coefficient (Wildman–Crippen LogP) is 1.52. The topological polar surface area (TPSA) is 56.8 Å². The molecule has 0 radical (unpaired) electrons. The van der Waals surface area contributed by atoms with Gasteiger partial charge in [-0.25, -0.2) is 0 Å². The van der Waals surface area contributed by atoms with Crippen LogP contribution < -0.4 is 4.74 Å². The molecule has 0 aliphatic heterocycles. The van der Waals surface area contributed by atoms with Gasteiger partial charge in [0.2, 0.25) is 0 Å². The fourth-order valence-electron chi connectivity index (χ4n) is 1.55. The van der Waals surface area contributed by atoms with Crippen LogP contribution in [0.3, 0.4) is 0 Å². The summed E-state index contributed by atoms with van der Waals surface area (Å²) in [4.78, 5) is 0. The lowest BCUT2D eigenvalue weighted by Gasteiger charge is -2.21. The first kappa shape index (κ1) is 7.64. The number of hydrogen-bond acceptors (Lipinski definition) is 3. The summed E-state index contributed by atoms with van der Waals surface area (Å²) in [5, 5.41) is 17.1. The molecule has 62 valence electrons. The van der Waals surface area contributed by atoms with Crippen molar-refractivity contribution >= 4 is 0 Å². The van der Waals surface area contributed by atoms with Crippen LogP contribution in [0.2, 0.25) is 0 Å². The van der Waals surface area contributed by atoms with Gasteiger partial charge >= 0.3 is 0 Å². The molecular formula is C10H6N2O. The van der Waals surface area contributed by atoms with Crippen LogP contribution >= 0.6 is 0 Å². The van der Waals surface area contributed by atoms with Crippen molar-refractivity contribution in [1.29, 1.82) is 10.5 Å². The zero-order chi connectivity index (χ0) is 9.26. The van der Waals surface area contributed by atoms with Gasteiger partial charge in [0.1, 0.15) is 5.75 Å². The van der Waals surface area contributed by atoms with E-state index in [-0.39, 0.29) is 0 Å². The van der Waals surface area contributed by atoms with Crippen molar-refractivity contribution in [3.8, 4) is 18.1 Å². The van der Waals surface area contributed by atoms with E-state index < -0.39 is 0 Å². The summed E-state index contributed by atoms with van der Waals surface area (Å²) in [5.41, 5.74) is 2.75. The predicted molar refractivity (Wildman–Crippen MR) is 44.8 cm³/mol. The molecular weight excluding hydrogens is 164 g/mol. The maximum Gasteiger partial charge on any atom is 0.292 e. The lowest BCUT2D eigenvalue weighted by molar-refractivity contribution is 0.493. The van der Waals surface area contributed by atoms with Crippen LogP contribution in [0.25, 0.3) is 0 Å². The van der Waals surface area contributed by atoms with E-state index in [0.29, 0.717) is 11.3 Å². The first-order valence-electron chi connectivity index (χ1n) is 3.97. The Labute approximate surface area is 75.8 Å². The molecule has 0 heterocycles. The van der Waals surface area contributed by atoms with Crippen molar-refractivity contribution in [3.63, 3.8) is 0 Å². The highest BCUT2D eigenvalue weighted by atomic mass is 16.5. The third kappa shape index (κ3) is 1.02. The van der Waals surface area contributed by atoms with E-state index in [2.05, 4.69) is 6.07 Å². The molecule has 13 heavy (non-hydrogen) atoms. The van der Waals surface area contributed by atoms with Crippen molar-refractivity contribution in [2.45, 2.75) is 12.8 Å². The highest BCUT2D eigenvalue weighted by Gasteiger charge is 2.21. The molecule has 0 aromatic heterocycles. The minimum Gasteiger partial charge on any atom is -0.388 e. The molecule has 1 aromatic rings. The van der Waals surface area contributed by atoms with E-state index in [4.69, 9.17) is 15.3 Å². The third-order valence-electron chi connectivity index (χ3n) is 2.29. The van der Waals surface area contributed by atoms with E-state index in [1.165, 1.54) is 0 Å². The Morgan fingerprint density at radius 3 is 2.46 bits per heavy atom. The monoisotopic (exact) mass is 170 g/mol. The summed E-state index contributed by atoms with van der Waals surface area (Å²) in [6, 6.07) is 5.50. The number of fused-ring (bicyclic) bond motifs is 1. The van der Waals surface area contributed by atoms with Gasteiger partial charge in [-0.2, -0.15) is 5.26 Å². The van der Waals surface area contributed by atoms with Crippen LogP contribution in [0, 0.1) is 22.8 Å². The van der Waals surface area contributed by atoms with Crippen LogP contribution in [0.5, 0.6) is 5.75 Å². The first-order valence-corrected chi connectivity index (χ1v) is 3.97. The Hall–Kier alpha value is -2.00. The van der Waals surface area contributed by atoms with E-state index in [9.17, 15) is 0 Å². The Balaban J connectivity index is 2.51. The van der Waals surface area contributed by atoms with Crippen molar-refractivity contribution in [2.24, 2.45) is 0 Å². The lowest BCUT2D eigenvalue weighted by Crippen LogP contribution is -2.12. The standard InChI is InChI=1S/C10H6N2O/c11-5-7-1-4-10(13-6-12)9-3-2-8(7)9/h1,4H,2-3H2. The second-order valence-electron chi connectivity index (χ2n) is 2.87. The van der Waals surface area contributed by atoms with Gasteiger partial charge in [-0.1, -0.05) is 0 Å². The fourth-order valence-corrected chi connectivity index (χ4v) is 1.55. The van der Waals surface area contributed by atoms with Gasteiger partial charge in [-0.3, -0.25) is 0 Å². The van der Waals surface area contributed by atoms with Crippen molar-refractivity contribution in [3.05, 3.63) is 28.8 Å². The van der Waals surface area contributed by atoms with E-state index in [0.717, 1.165) is 24.0 Å². The zero-order valence-electron chi connectivity index (χ0n) is 6.87. The van der Waals surface area contributed by atoms with Gasteiger partial charge < -0.3 is 4.74 Å². The quantitative estimate of drug-likeness (QED) is 0.600. The Kier molecular flexibility index (Phi) is 1.65. The molecule has 0 atom stereocenters. The molecule has 0 fully saturated rings. The summed E-state index contributed by atoms with van der Waals surface area (Å²) >= 11 is 0. The molecule has 0 N–H and O–H groups in total. The van der Waals surface area contributed by atoms with Gasteiger partial charge in [0.15, 0.2) is 0 Å². The SMILES string of the molecule is N#COc1ccc(C#N)c2c1CC2. The smallest absolute Gasteiger partial charge is 0.292 e. The van der Waals surface area contributed by atoms with Gasteiger partial charge in [-0.05, 0) is 30.5 Å². The van der Waals surface area contributed by atoms with Crippen LogP contribution in [0.4, 0.5) is 0 Å². The Bertz CT molecular complexity index is 437. The number of ether oxygens (including phenoxy) is 1. The minimum atomic E-state index is 0.600. The molecule has 0 amide bonds. The summed E-state index contributed by atoms with van der Waals surface area (Å²) < 4.78 is 4.76. The maximum atomic E-state index is 8.74. The summed E-state index contributed by atoms with van der Waals surface area (Å²) in [6.45, 7) is 0. The van der Waals surface area contributed by atoms with Gasteiger partial charge in [-0.15, -0.1) is 5.26 Å².